The maximum atomic E-state index is 11.1. The van der Waals surface area contributed by atoms with Crippen LogP contribution >= 0.6 is 0 Å². The van der Waals surface area contributed by atoms with Gasteiger partial charge in [0.2, 0.25) is 0 Å². The van der Waals surface area contributed by atoms with Crippen LogP contribution in [0.2, 0.25) is 0 Å². The summed E-state index contributed by atoms with van der Waals surface area (Å²) in [5, 5.41) is 0. The fourth-order valence-corrected chi connectivity index (χ4v) is 2.15. The van der Waals surface area contributed by atoms with Crippen LogP contribution in [0.5, 0.6) is 0 Å². The van der Waals surface area contributed by atoms with E-state index in [4.69, 9.17) is 9.47 Å². The molecule has 0 heterocycles. The van der Waals surface area contributed by atoms with Gasteiger partial charge in [0.25, 0.3) is 0 Å². The number of esters is 1. The van der Waals surface area contributed by atoms with Gasteiger partial charge in [0.05, 0.1) is 12.7 Å². The second-order valence-corrected chi connectivity index (χ2v) is 4.18. The van der Waals surface area contributed by atoms with Crippen molar-refractivity contribution >= 4 is 5.97 Å². The molecule has 0 bridgehead atoms. The van der Waals surface area contributed by atoms with Crippen molar-refractivity contribution in [2.24, 2.45) is 5.92 Å². The van der Waals surface area contributed by atoms with E-state index in [0.717, 1.165) is 18.8 Å². The maximum absolute atomic E-state index is 11.1. The lowest BCUT2D eigenvalue weighted by atomic mass is 9.85. The predicted molar refractivity (Wildman–Crippen MR) is 58.6 cm³/mol. The number of ether oxygens (including phenoxy) is 2. The Labute approximate surface area is 92.1 Å². The molecule has 1 aliphatic carbocycles. The van der Waals surface area contributed by atoms with Crippen LogP contribution in [0, 0.1) is 5.92 Å². The van der Waals surface area contributed by atoms with Crippen molar-refractivity contribution in [3.8, 4) is 0 Å². The van der Waals surface area contributed by atoms with E-state index < -0.39 is 0 Å². The third-order valence-electron chi connectivity index (χ3n) is 3.05. The highest BCUT2D eigenvalue weighted by atomic mass is 16.6. The molecule has 3 heteroatoms. The molecule has 2 unspecified atom stereocenters. The van der Waals surface area contributed by atoms with E-state index in [9.17, 15) is 4.79 Å². The molecule has 1 rings (SSSR count). The third-order valence-corrected chi connectivity index (χ3v) is 3.05. The van der Waals surface area contributed by atoms with Gasteiger partial charge in [-0.2, -0.15) is 0 Å². The standard InChI is InChI=1S/C12H22O3/c1-3-10-6-5-7-11(8-10)15-9-12(13)14-4-2/h10-11H,3-9H2,1-2H3. The van der Waals surface area contributed by atoms with Gasteiger partial charge in [0, 0.05) is 0 Å². The Hall–Kier alpha value is -0.570. The first-order valence-corrected chi connectivity index (χ1v) is 6.03. The summed E-state index contributed by atoms with van der Waals surface area (Å²) in [5.74, 6) is 0.544. The Morgan fingerprint density at radius 1 is 1.33 bits per heavy atom. The zero-order valence-corrected chi connectivity index (χ0v) is 9.83. The maximum Gasteiger partial charge on any atom is 0.332 e. The molecule has 0 spiro atoms. The molecule has 0 aliphatic heterocycles. The van der Waals surface area contributed by atoms with E-state index in [-0.39, 0.29) is 18.7 Å². The van der Waals surface area contributed by atoms with E-state index in [1.54, 1.807) is 0 Å². The number of hydrogen-bond donors (Lipinski definition) is 0. The normalized spacial score (nSPS) is 26.3. The SMILES string of the molecule is CCOC(=O)COC1CCCC(CC)C1. The Morgan fingerprint density at radius 2 is 2.13 bits per heavy atom. The molecule has 2 atom stereocenters. The summed E-state index contributed by atoms with van der Waals surface area (Å²) in [5.41, 5.74) is 0. The molecule has 1 fully saturated rings. The first kappa shape index (κ1) is 12.5. The zero-order chi connectivity index (χ0) is 11.1. The van der Waals surface area contributed by atoms with Gasteiger partial charge in [0.1, 0.15) is 6.61 Å². The smallest absolute Gasteiger partial charge is 0.332 e. The van der Waals surface area contributed by atoms with E-state index in [1.165, 1.54) is 19.3 Å². The van der Waals surface area contributed by atoms with Crippen molar-refractivity contribution in [3.05, 3.63) is 0 Å². The molecule has 88 valence electrons. The Bertz CT molecular complexity index is 191. The molecule has 0 N–H and O–H groups in total. The minimum Gasteiger partial charge on any atom is -0.464 e. The molecule has 0 aromatic heterocycles. The van der Waals surface area contributed by atoms with E-state index >= 15 is 0 Å². The molecular formula is C12H22O3. The first-order valence-electron chi connectivity index (χ1n) is 6.03. The van der Waals surface area contributed by atoms with Crippen molar-refractivity contribution < 1.29 is 14.3 Å². The summed E-state index contributed by atoms with van der Waals surface area (Å²) >= 11 is 0. The largest absolute Gasteiger partial charge is 0.464 e. The van der Waals surface area contributed by atoms with Gasteiger partial charge < -0.3 is 9.47 Å². The highest BCUT2D eigenvalue weighted by molar-refractivity contribution is 5.70. The van der Waals surface area contributed by atoms with Gasteiger partial charge >= 0.3 is 5.97 Å². The van der Waals surface area contributed by atoms with E-state index in [0.29, 0.717) is 6.61 Å². The molecule has 15 heavy (non-hydrogen) atoms. The molecule has 3 nitrogen and oxygen atoms in total. The highest BCUT2D eigenvalue weighted by Gasteiger charge is 2.21. The second-order valence-electron chi connectivity index (χ2n) is 4.18. The summed E-state index contributed by atoms with van der Waals surface area (Å²) in [6, 6.07) is 0. The summed E-state index contributed by atoms with van der Waals surface area (Å²) in [7, 11) is 0. The summed E-state index contributed by atoms with van der Waals surface area (Å²) in [6.07, 6.45) is 6.24. The summed E-state index contributed by atoms with van der Waals surface area (Å²) < 4.78 is 10.4. The van der Waals surface area contributed by atoms with Crippen LogP contribution in [-0.2, 0) is 14.3 Å². The molecule has 0 radical (unpaired) electrons. The van der Waals surface area contributed by atoms with Crippen LogP contribution in [0.3, 0.4) is 0 Å². The number of hydrogen-bond acceptors (Lipinski definition) is 3. The van der Waals surface area contributed by atoms with Crippen molar-refractivity contribution in [2.45, 2.75) is 52.1 Å². The Kier molecular flexibility index (Phi) is 5.69. The number of rotatable bonds is 5. The van der Waals surface area contributed by atoms with Gasteiger partial charge in [-0.3, -0.25) is 0 Å². The fourth-order valence-electron chi connectivity index (χ4n) is 2.15. The molecule has 0 saturated heterocycles. The third kappa shape index (κ3) is 4.65. The van der Waals surface area contributed by atoms with Gasteiger partial charge in [-0.05, 0) is 25.7 Å². The van der Waals surface area contributed by atoms with Crippen molar-refractivity contribution in [3.63, 3.8) is 0 Å². The molecule has 1 saturated carbocycles. The van der Waals surface area contributed by atoms with Gasteiger partial charge in [-0.25, -0.2) is 4.79 Å². The molecule has 0 amide bonds. The average Bonchev–Trinajstić information content (AvgIpc) is 2.27. The van der Waals surface area contributed by atoms with Crippen molar-refractivity contribution in [1.82, 2.24) is 0 Å². The van der Waals surface area contributed by atoms with Crippen LogP contribution in [0.15, 0.2) is 0 Å². The molecular weight excluding hydrogens is 192 g/mol. The Morgan fingerprint density at radius 3 is 2.80 bits per heavy atom. The minimum absolute atomic E-state index is 0.120. The lowest BCUT2D eigenvalue weighted by Crippen LogP contribution is -2.25. The quantitative estimate of drug-likeness (QED) is 0.660. The molecule has 1 aliphatic rings. The van der Waals surface area contributed by atoms with Crippen molar-refractivity contribution in [1.29, 1.82) is 0 Å². The number of carbonyl (C=O) groups is 1. The van der Waals surface area contributed by atoms with Gasteiger partial charge in [-0.1, -0.05) is 26.2 Å². The van der Waals surface area contributed by atoms with Crippen LogP contribution in [0.25, 0.3) is 0 Å². The second kappa shape index (κ2) is 6.83. The summed E-state index contributed by atoms with van der Waals surface area (Å²) in [6.45, 7) is 4.59. The van der Waals surface area contributed by atoms with Crippen LogP contribution in [-0.4, -0.2) is 25.3 Å². The highest BCUT2D eigenvalue weighted by Crippen LogP contribution is 2.28. The lowest BCUT2D eigenvalue weighted by Gasteiger charge is -2.28. The summed E-state index contributed by atoms with van der Waals surface area (Å²) in [4.78, 5) is 11.1. The average molecular weight is 214 g/mol. The molecule has 0 aromatic rings. The molecule has 0 aromatic carbocycles. The van der Waals surface area contributed by atoms with Gasteiger partial charge in [0.15, 0.2) is 0 Å². The predicted octanol–water partition coefficient (Wildman–Crippen LogP) is 2.53. The van der Waals surface area contributed by atoms with Crippen molar-refractivity contribution in [2.75, 3.05) is 13.2 Å². The van der Waals surface area contributed by atoms with Gasteiger partial charge in [-0.15, -0.1) is 0 Å². The Balaban J connectivity index is 2.17. The first-order chi connectivity index (χ1) is 7.26. The van der Waals surface area contributed by atoms with Crippen LogP contribution in [0.4, 0.5) is 0 Å². The van der Waals surface area contributed by atoms with Crippen LogP contribution < -0.4 is 0 Å². The van der Waals surface area contributed by atoms with E-state index in [1.807, 2.05) is 6.92 Å². The topological polar surface area (TPSA) is 35.5 Å². The number of carbonyl (C=O) groups excluding carboxylic acids is 1. The van der Waals surface area contributed by atoms with E-state index in [2.05, 4.69) is 6.92 Å². The van der Waals surface area contributed by atoms with Crippen LogP contribution in [0.1, 0.15) is 46.0 Å². The fraction of sp³-hybridized carbons (Fsp3) is 0.917. The monoisotopic (exact) mass is 214 g/mol. The zero-order valence-electron chi connectivity index (χ0n) is 9.83. The minimum atomic E-state index is -0.240. The lowest BCUT2D eigenvalue weighted by molar-refractivity contribution is -0.151.